The van der Waals surface area contributed by atoms with Crippen molar-refractivity contribution in [1.29, 1.82) is 0 Å². The van der Waals surface area contributed by atoms with Crippen molar-refractivity contribution in [1.82, 2.24) is 10.5 Å². The van der Waals surface area contributed by atoms with Crippen LogP contribution in [0.3, 0.4) is 0 Å². The van der Waals surface area contributed by atoms with Crippen LogP contribution in [-0.2, 0) is 13.0 Å². The summed E-state index contributed by atoms with van der Waals surface area (Å²) >= 11 is 3.18. The van der Waals surface area contributed by atoms with Gasteiger partial charge in [-0.05, 0) is 30.0 Å². The van der Waals surface area contributed by atoms with E-state index in [1.54, 1.807) is 22.7 Å². The third kappa shape index (κ3) is 2.90. The van der Waals surface area contributed by atoms with Crippen LogP contribution in [0.15, 0.2) is 34.2 Å². The van der Waals surface area contributed by atoms with Gasteiger partial charge in [0.05, 0.1) is 11.4 Å². The smallest absolute Gasteiger partial charge is 0.259 e. The number of nitrogen functional groups attached to an aromatic ring is 1. The number of thiophene rings is 2. The van der Waals surface area contributed by atoms with E-state index in [1.165, 1.54) is 4.88 Å². The number of rotatable bonds is 5. The predicted octanol–water partition coefficient (Wildman–Crippen LogP) is 3.54. The molecule has 3 N–H and O–H groups in total. The van der Waals surface area contributed by atoms with Gasteiger partial charge in [-0.1, -0.05) is 18.1 Å². The van der Waals surface area contributed by atoms with Crippen LogP contribution in [0.2, 0.25) is 0 Å². The number of anilines is 1. The zero-order chi connectivity index (χ0) is 15.5. The Morgan fingerprint density at radius 1 is 1.36 bits per heavy atom. The molecular formula is C15H15N3O2S2. The van der Waals surface area contributed by atoms with Crippen LogP contribution >= 0.6 is 22.7 Å². The molecule has 0 radical (unpaired) electrons. The molecular weight excluding hydrogens is 318 g/mol. The fourth-order valence-corrected chi connectivity index (χ4v) is 3.63. The van der Waals surface area contributed by atoms with Gasteiger partial charge < -0.3 is 15.6 Å². The predicted molar refractivity (Wildman–Crippen MR) is 89.1 cm³/mol. The van der Waals surface area contributed by atoms with E-state index in [0.717, 1.165) is 16.2 Å². The summed E-state index contributed by atoms with van der Waals surface area (Å²) in [5, 5.41) is 8.78. The molecule has 0 bridgehead atoms. The summed E-state index contributed by atoms with van der Waals surface area (Å²) in [5.41, 5.74) is 6.60. The summed E-state index contributed by atoms with van der Waals surface area (Å²) < 4.78 is 5.03. The average Bonchev–Trinajstić information content (AvgIpc) is 3.24. The van der Waals surface area contributed by atoms with Crippen molar-refractivity contribution in [2.24, 2.45) is 0 Å². The second kappa shape index (κ2) is 6.33. The van der Waals surface area contributed by atoms with E-state index < -0.39 is 0 Å². The number of nitrogens with zero attached hydrogens (tertiary/aromatic N) is 1. The zero-order valence-electron chi connectivity index (χ0n) is 12.0. The van der Waals surface area contributed by atoms with Gasteiger partial charge in [0, 0.05) is 9.75 Å². The molecule has 3 heterocycles. The van der Waals surface area contributed by atoms with Crippen molar-refractivity contribution in [2.45, 2.75) is 19.9 Å². The number of nitrogens with one attached hydrogen (secondary N) is 1. The quantitative estimate of drug-likeness (QED) is 0.748. The van der Waals surface area contributed by atoms with E-state index in [-0.39, 0.29) is 11.8 Å². The molecule has 0 fully saturated rings. The van der Waals surface area contributed by atoms with Crippen LogP contribution in [0.25, 0.3) is 10.6 Å². The summed E-state index contributed by atoms with van der Waals surface area (Å²) in [7, 11) is 0. The minimum absolute atomic E-state index is 0.0464. The maximum atomic E-state index is 12.4. The molecule has 3 aromatic rings. The van der Waals surface area contributed by atoms with Gasteiger partial charge in [-0.15, -0.1) is 22.7 Å². The molecule has 0 saturated heterocycles. The van der Waals surface area contributed by atoms with E-state index in [0.29, 0.717) is 17.8 Å². The van der Waals surface area contributed by atoms with E-state index in [4.69, 9.17) is 10.3 Å². The lowest BCUT2D eigenvalue weighted by Gasteiger charge is -2.03. The van der Waals surface area contributed by atoms with E-state index in [1.807, 2.05) is 29.6 Å². The normalized spacial score (nSPS) is 10.8. The standard InChI is InChI=1S/C15H15N3O2S2/c1-2-9-5-6-11(22-9)13-12(14(16)20-18-13)15(19)17-8-10-4-3-7-21-10/h3-7H,2,8,16H2,1H3,(H,17,19). The third-order valence-corrected chi connectivity index (χ3v) is 5.31. The van der Waals surface area contributed by atoms with Gasteiger partial charge in [0.2, 0.25) is 5.88 Å². The fourth-order valence-electron chi connectivity index (χ4n) is 2.05. The minimum atomic E-state index is -0.270. The third-order valence-electron chi connectivity index (χ3n) is 3.19. The molecule has 7 heteroatoms. The molecule has 0 spiro atoms. The van der Waals surface area contributed by atoms with Gasteiger partial charge in [-0.25, -0.2) is 0 Å². The highest BCUT2D eigenvalue weighted by atomic mass is 32.1. The van der Waals surface area contributed by atoms with Gasteiger partial charge >= 0.3 is 0 Å². The van der Waals surface area contributed by atoms with E-state index in [2.05, 4.69) is 17.4 Å². The molecule has 0 aliphatic carbocycles. The Morgan fingerprint density at radius 3 is 2.91 bits per heavy atom. The first kappa shape index (κ1) is 14.8. The first-order chi connectivity index (χ1) is 10.7. The molecule has 0 atom stereocenters. The van der Waals surface area contributed by atoms with Crippen molar-refractivity contribution in [2.75, 3.05) is 5.73 Å². The second-order valence-corrected chi connectivity index (χ2v) is 6.85. The number of amides is 1. The summed E-state index contributed by atoms with van der Waals surface area (Å²) in [4.78, 5) is 15.6. The van der Waals surface area contributed by atoms with Crippen molar-refractivity contribution in [3.63, 3.8) is 0 Å². The maximum Gasteiger partial charge on any atom is 0.259 e. The maximum absolute atomic E-state index is 12.4. The number of carbonyl (C=O) groups excluding carboxylic acids is 1. The minimum Gasteiger partial charge on any atom is -0.367 e. The largest absolute Gasteiger partial charge is 0.367 e. The van der Waals surface area contributed by atoms with Crippen LogP contribution in [0.4, 0.5) is 5.88 Å². The monoisotopic (exact) mass is 333 g/mol. The number of carbonyl (C=O) groups is 1. The molecule has 22 heavy (non-hydrogen) atoms. The summed E-state index contributed by atoms with van der Waals surface area (Å²) in [6, 6.07) is 7.88. The summed E-state index contributed by atoms with van der Waals surface area (Å²) in [6.07, 6.45) is 0.942. The molecule has 3 aromatic heterocycles. The highest BCUT2D eigenvalue weighted by molar-refractivity contribution is 7.15. The molecule has 0 aromatic carbocycles. The Labute approximate surface area is 135 Å². The van der Waals surface area contributed by atoms with E-state index in [9.17, 15) is 4.79 Å². The number of aromatic nitrogens is 1. The summed E-state index contributed by atoms with van der Waals surface area (Å²) in [6.45, 7) is 2.55. The van der Waals surface area contributed by atoms with E-state index >= 15 is 0 Å². The Kier molecular flexibility index (Phi) is 4.26. The Hall–Kier alpha value is -2.12. The molecule has 0 aliphatic heterocycles. The first-order valence-corrected chi connectivity index (χ1v) is 8.53. The molecule has 0 unspecified atom stereocenters. The average molecular weight is 333 g/mol. The lowest BCUT2D eigenvalue weighted by molar-refractivity contribution is 0.0952. The highest BCUT2D eigenvalue weighted by Gasteiger charge is 2.23. The number of nitrogens with two attached hydrogens (primary N) is 1. The Balaban J connectivity index is 1.83. The van der Waals surface area contributed by atoms with Gasteiger partial charge in [-0.2, -0.15) is 0 Å². The van der Waals surface area contributed by atoms with Crippen molar-refractivity contribution >= 4 is 34.5 Å². The van der Waals surface area contributed by atoms with Crippen LogP contribution in [-0.4, -0.2) is 11.1 Å². The van der Waals surface area contributed by atoms with Crippen LogP contribution in [0, 0.1) is 0 Å². The van der Waals surface area contributed by atoms with Gasteiger partial charge in [0.25, 0.3) is 5.91 Å². The number of aryl methyl sites for hydroxylation is 1. The van der Waals surface area contributed by atoms with Crippen LogP contribution < -0.4 is 11.1 Å². The zero-order valence-corrected chi connectivity index (χ0v) is 13.6. The Morgan fingerprint density at radius 2 is 2.23 bits per heavy atom. The van der Waals surface area contributed by atoms with Crippen molar-refractivity contribution < 1.29 is 9.32 Å². The molecule has 0 saturated carbocycles. The van der Waals surface area contributed by atoms with Gasteiger partial charge in [0.15, 0.2) is 0 Å². The topological polar surface area (TPSA) is 81.2 Å². The van der Waals surface area contributed by atoms with Gasteiger partial charge in [0.1, 0.15) is 11.3 Å². The molecule has 3 rings (SSSR count). The van der Waals surface area contributed by atoms with Crippen LogP contribution in [0.5, 0.6) is 0 Å². The lowest BCUT2D eigenvalue weighted by Crippen LogP contribution is -2.23. The van der Waals surface area contributed by atoms with Crippen molar-refractivity contribution in [3.05, 3.63) is 45.0 Å². The van der Waals surface area contributed by atoms with Crippen LogP contribution in [0.1, 0.15) is 27.0 Å². The molecule has 5 nitrogen and oxygen atoms in total. The number of hydrogen-bond donors (Lipinski definition) is 2. The first-order valence-electron chi connectivity index (χ1n) is 6.83. The fraction of sp³-hybridized carbons (Fsp3) is 0.200. The highest BCUT2D eigenvalue weighted by Crippen LogP contribution is 2.32. The SMILES string of the molecule is CCc1ccc(-c2noc(N)c2C(=O)NCc2cccs2)s1. The Bertz CT molecular complexity index is 775. The second-order valence-electron chi connectivity index (χ2n) is 4.65. The lowest BCUT2D eigenvalue weighted by atomic mass is 10.2. The molecule has 114 valence electrons. The summed E-state index contributed by atoms with van der Waals surface area (Å²) in [5.74, 6) is -0.223. The molecule has 1 amide bonds. The van der Waals surface area contributed by atoms with Gasteiger partial charge in [-0.3, -0.25) is 4.79 Å². The number of hydrogen-bond acceptors (Lipinski definition) is 6. The van der Waals surface area contributed by atoms with Crippen molar-refractivity contribution in [3.8, 4) is 10.6 Å². The molecule has 0 aliphatic rings.